The van der Waals surface area contributed by atoms with Crippen LogP contribution in [0.1, 0.15) is 26.3 Å². The number of hydrogen-bond acceptors (Lipinski definition) is 3. The fraction of sp³-hybridized carbons (Fsp3) is 0.455. The molecule has 0 atom stereocenters. The molecule has 0 spiro atoms. The molecule has 0 radical (unpaired) electrons. The van der Waals surface area contributed by atoms with Gasteiger partial charge in [0.2, 0.25) is 0 Å². The molecule has 0 bridgehead atoms. The number of phenolic OH excluding ortho intramolecular Hbond substituents is 1. The Bertz CT molecular complexity index is 504. The van der Waals surface area contributed by atoms with Crippen LogP contribution in [-0.4, -0.2) is 19.1 Å². The van der Waals surface area contributed by atoms with Gasteiger partial charge in [0, 0.05) is 5.54 Å². The number of anilines is 1. The smallest absolute Gasteiger partial charge is 0.299 e. The Morgan fingerprint density at radius 1 is 1.24 bits per heavy atom. The van der Waals surface area contributed by atoms with E-state index < -0.39 is 15.7 Å². The summed E-state index contributed by atoms with van der Waals surface area (Å²) in [5.74, 6) is 0.136. The van der Waals surface area contributed by atoms with Gasteiger partial charge in [-0.25, -0.2) is 0 Å². The van der Waals surface area contributed by atoms with Crippen molar-refractivity contribution in [1.82, 2.24) is 4.72 Å². The Kier molecular flexibility index (Phi) is 3.68. The lowest BCUT2D eigenvalue weighted by molar-refractivity contribution is 0.471. The molecule has 3 N–H and O–H groups in total. The topological polar surface area (TPSA) is 78.4 Å². The van der Waals surface area contributed by atoms with Crippen LogP contribution in [0.5, 0.6) is 5.75 Å². The average Bonchev–Trinajstić information content (AvgIpc) is 2.06. The molecule has 0 saturated carbocycles. The second-order valence-corrected chi connectivity index (χ2v) is 6.37. The van der Waals surface area contributed by atoms with E-state index >= 15 is 0 Å². The molecule has 0 aromatic heterocycles. The third-order valence-corrected chi connectivity index (χ3v) is 3.28. The number of aryl methyl sites for hydroxylation is 1. The van der Waals surface area contributed by atoms with Crippen LogP contribution in [0.25, 0.3) is 0 Å². The van der Waals surface area contributed by atoms with E-state index in [2.05, 4.69) is 9.44 Å². The number of phenols is 1. The van der Waals surface area contributed by atoms with E-state index in [9.17, 15) is 13.5 Å². The van der Waals surface area contributed by atoms with E-state index in [4.69, 9.17) is 0 Å². The number of rotatable bonds is 3. The van der Waals surface area contributed by atoms with E-state index in [1.807, 2.05) is 0 Å². The summed E-state index contributed by atoms with van der Waals surface area (Å²) in [5.41, 5.74) is 0.482. The minimum absolute atomic E-state index is 0.136. The number of nitrogens with one attached hydrogen (secondary N) is 2. The van der Waals surface area contributed by atoms with Gasteiger partial charge in [-0.05, 0) is 51.5 Å². The van der Waals surface area contributed by atoms with Gasteiger partial charge in [0.05, 0.1) is 5.69 Å². The first kappa shape index (κ1) is 13.8. The first-order valence-electron chi connectivity index (χ1n) is 5.20. The zero-order chi connectivity index (χ0) is 13.3. The molecule has 1 rings (SSSR count). The zero-order valence-corrected chi connectivity index (χ0v) is 11.2. The highest BCUT2D eigenvalue weighted by molar-refractivity contribution is 7.90. The maximum atomic E-state index is 11.7. The van der Waals surface area contributed by atoms with Crippen LogP contribution in [0, 0.1) is 6.92 Å². The lowest BCUT2D eigenvalue weighted by atomic mass is 10.1. The molecule has 17 heavy (non-hydrogen) atoms. The molecule has 0 aliphatic heterocycles. The SMILES string of the molecule is Cc1cc(NS(=O)(=O)NC(C)(C)C)ccc1O. The van der Waals surface area contributed by atoms with Crippen molar-refractivity contribution in [2.24, 2.45) is 0 Å². The molecule has 96 valence electrons. The number of benzene rings is 1. The first-order chi connectivity index (χ1) is 7.59. The summed E-state index contributed by atoms with van der Waals surface area (Å²) in [6, 6.07) is 4.52. The molecule has 6 heteroatoms. The van der Waals surface area contributed by atoms with Crippen molar-refractivity contribution in [2.75, 3.05) is 4.72 Å². The normalized spacial score (nSPS) is 12.5. The van der Waals surface area contributed by atoms with Gasteiger partial charge in [-0.15, -0.1) is 0 Å². The van der Waals surface area contributed by atoms with Gasteiger partial charge in [-0.2, -0.15) is 13.1 Å². The van der Waals surface area contributed by atoms with Crippen LogP contribution in [-0.2, 0) is 10.2 Å². The van der Waals surface area contributed by atoms with Gasteiger partial charge in [-0.3, -0.25) is 4.72 Å². The Morgan fingerprint density at radius 2 is 1.82 bits per heavy atom. The quantitative estimate of drug-likeness (QED) is 0.723. The van der Waals surface area contributed by atoms with Crippen molar-refractivity contribution in [3.8, 4) is 5.75 Å². The van der Waals surface area contributed by atoms with Crippen molar-refractivity contribution in [1.29, 1.82) is 0 Å². The van der Waals surface area contributed by atoms with Gasteiger partial charge >= 0.3 is 0 Å². The summed E-state index contributed by atoms with van der Waals surface area (Å²) in [6.45, 7) is 6.97. The maximum absolute atomic E-state index is 11.7. The molecule has 0 fully saturated rings. The Balaban J connectivity index is 2.87. The molecule has 1 aromatic carbocycles. The van der Waals surface area contributed by atoms with E-state index in [1.165, 1.54) is 12.1 Å². The predicted molar refractivity (Wildman–Crippen MR) is 68.3 cm³/mol. The van der Waals surface area contributed by atoms with Crippen LogP contribution in [0.3, 0.4) is 0 Å². The summed E-state index contributed by atoms with van der Waals surface area (Å²) in [5, 5.41) is 9.34. The minimum atomic E-state index is -3.60. The van der Waals surface area contributed by atoms with Gasteiger partial charge < -0.3 is 5.11 Å². The Hall–Kier alpha value is -1.27. The van der Waals surface area contributed by atoms with Crippen molar-refractivity contribution < 1.29 is 13.5 Å². The van der Waals surface area contributed by atoms with E-state index in [1.54, 1.807) is 33.8 Å². The molecule has 0 amide bonds. The lowest BCUT2D eigenvalue weighted by Crippen LogP contribution is -2.43. The largest absolute Gasteiger partial charge is 0.508 e. The lowest BCUT2D eigenvalue weighted by Gasteiger charge is -2.21. The highest BCUT2D eigenvalue weighted by atomic mass is 32.2. The van der Waals surface area contributed by atoms with Crippen molar-refractivity contribution >= 4 is 15.9 Å². The maximum Gasteiger partial charge on any atom is 0.299 e. The highest BCUT2D eigenvalue weighted by Crippen LogP contribution is 2.20. The molecular formula is C11H18N2O3S. The van der Waals surface area contributed by atoms with Gasteiger partial charge in [0.15, 0.2) is 0 Å². The molecule has 0 aliphatic carbocycles. The number of hydrogen-bond donors (Lipinski definition) is 3. The molecule has 0 heterocycles. The summed E-state index contributed by atoms with van der Waals surface area (Å²) in [7, 11) is -3.60. The molecule has 1 aromatic rings. The highest BCUT2D eigenvalue weighted by Gasteiger charge is 2.19. The third-order valence-electron chi connectivity index (χ3n) is 1.89. The van der Waals surface area contributed by atoms with Gasteiger partial charge in [-0.1, -0.05) is 0 Å². The van der Waals surface area contributed by atoms with Crippen LogP contribution >= 0.6 is 0 Å². The molecule has 0 unspecified atom stereocenters. The third kappa shape index (κ3) is 4.62. The van der Waals surface area contributed by atoms with Crippen molar-refractivity contribution in [3.05, 3.63) is 23.8 Å². The summed E-state index contributed by atoms with van der Waals surface area (Å²) >= 11 is 0. The molecule has 5 nitrogen and oxygen atoms in total. The Labute approximate surface area is 102 Å². The van der Waals surface area contributed by atoms with Crippen LogP contribution in [0.2, 0.25) is 0 Å². The molecule has 0 aliphatic rings. The first-order valence-corrected chi connectivity index (χ1v) is 6.69. The zero-order valence-electron chi connectivity index (χ0n) is 10.4. The molecular weight excluding hydrogens is 240 g/mol. The second kappa shape index (κ2) is 4.54. The van der Waals surface area contributed by atoms with Crippen LogP contribution < -0.4 is 9.44 Å². The van der Waals surface area contributed by atoms with E-state index in [0.29, 0.717) is 11.3 Å². The van der Waals surface area contributed by atoms with E-state index in [0.717, 1.165) is 0 Å². The predicted octanol–water partition coefficient (Wildman–Crippen LogP) is 1.75. The van der Waals surface area contributed by atoms with Crippen molar-refractivity contribution in [3.63, 3.8) is 0 Å². The standard InChI is InChI=1S/C11H18N2O3S/c1-8-7-9(5-6-10(8)14)12-17(15,16)13-11(2,3)4/h5-7,12-14H,1-4H3. The Morgan fingerprint density at radius 3 is 2.29 bits per heavy atom. The number of aromatic hydroxyl groups is 1. The summed E-state index contributed by atoms with van der Waals surface area (Å²) in [4.78, 5) is 0. The second-order valence-electron chi connectivity index (χ2n) is 4.96. The summed E-state index contributed by atoms with van der Waals surface area (Å²) in [6.07, 6.45) is 0. The van der Waals surface area contributed by atoms with E-state index in [-0.39, 0.29) is 5.75 Å². The summed E-state index contributed by atoms with van der Waals surface area (Å²) < 4.78 is 28.3. The fourth-order valence-electron chi connectivity index (χ4n) is 1.30. The minimum Gasteiger partial charge on any atom is -0.508 e. The van der Waals surface area contributed by atoms with Crippen molar-refractivity contribution in [2.45, 2.75) is 33.2 Å². The average molecular weight is 258 g/mol. The van der Waals surface area contributed by atoms with Crippen LogP contribution in [0.15, 0.2) is 18.2 Å². The van der Waals surface area contributed by atoms with Gasteiger partial charge in [0.25, 0.3) is 10.2 Å². The van der Waals surface area contributed by atoms with Gasteiger partial charge in [0.1, 0.15) is 5.75 Å². The molecule has 0 saturated heterocycles. The fourth-order valence-corrected chi connectivity index (χ4v) is 2.60. The monoisotopic (exact) mass is 258 g/mol. The van der Waals surface area contributed by atoms with Crippen LogP contribution in [0.4, 0.5) is 5.69 Å².